The summed E-state index contributed by atoms with van der Waals surface area (Å²) < 4.78 is 45.4. The number of aromatic nitrogens is 2. The van der Waals surface area contributed by atoms with Gasteiger partial charge in [0.1, 0.15) is 5.75 Å². The molecule has 1 N–H and O–H groups in total. The highest BCUT2D eigenvalue weighted by Crippen LogP contribution is 2.38. The predicted octanol–water partition coefficient (Wildman–Crippen LogP) is 5.60. The van der Waals surface area contributed by atoms with Crippen LogP contribution >= 0.6 is 43.5 Å². The average molecular weight is 611 g/mol. The molecule has 7 nitrogen and oxygen atoms in total. The summed E-state index contributed by atoms with van der Waals surface area (Å²) in [4.78, 5) is 20.2. The van der Waals surface area contributed by atoms with Gasteiger partial charge in [0, 0.05) is 37.4 Å². The van der Waals surface area contributed by atoms with E-state index in [1.54, 1.807) is 17.0 Å². The molecule has 33 heavy (non-hydrogen) atoms. The van der Waals surface area contributed by atoms with Gasteiger partial charge in [-0.1, -0.05) is 16.8 Å². The Morgan fingerprint density at radius 2 is 1.73 bits per heavy atom. The number of anilines is 1. The zero-order valence-corrected chi connectivity index (χ0v) is 20.5. The number of hydrogen-bond acceptors (Lipinski definition) is 6. The van der Waals surface area contributed by atoms with E-state index < -0.39 is 17.6 Å². The number of phenolic OH excluding ortho intramolecular Hbond substituents is 1. The molecule has 1 amide bonds. The number of amides is 1. The van der Waals surface area contributed by atoms with E-state index in [2.05, 4.69) is 42.0 Å². The number of alkyl halides is 3. The van der Waals surface area contributed by atoms with Crippen molar-refractivity contribution in [3.8, 4) is 17.1 Å². The van der Waals surface area contributed by atoms with Crippen molar-refractivity contribution in [3.63, 3.8) is 0 Å². The molecule has 2 heterocycles. The van der Waals surface area contributed by atoms with Crippen LogP contribution in [-0.2, 0) is 6.18 Å². The molecule has 0 bridgehead atoms. The maximum absolute atomic E-state index is 13.1. The fourth-order valence-electron chi connectivity index (χ4n) is 3.35. The van der Waals surface area contributed by atoms with E-state index in [1.807, 2.05) is 0 Å². The van der Waals surface area contributed by atoms with Crippen LogP contribution in [0.2, 0.25) is 5.02 Å². The average Bonchev–Trinajstić information content (AvgIpc) is 3.26. The Kier molecular flexibility index (Phi) is 6.61. The van der Waals surface area contributed by atoms with Gasteiger partial charge in [0.25, 0.3) is 0 Å². The Balaban J connectivity index is 1.45. The van der Waals surface area contributed by atoms with Gasteiger partial charge in [-0.2, -0.15) is 18.2 Å². The van der Waals surface area contributed by atoms with Crippen LogP contribution in [0.4, 0.5) is 18.9 Å². The number of hydrogen-bond donors (Lipinski definition) is 1. The molecule has 174 valence electrons. The Morgan fingerprint density at radius 3 is 2.33 bits per heavy atom. The molecule has 1 aromatic heterocycles. The van der Waals surface area contributed by atoms with E-state index in [-0.39, 0.29) is 35.6 Å². The van der Waals surface area contributed by atoms with Crippen LogP contribution in [-0.4, -0.2) is 52.2 Å². The molecule has 1 aliphatic rings. The van der Waals surface area contributed by atoms with Crippen LogP contribution in [0.15, 0.2) is 43.8 Å². The molecule has 13 heteroatoms. The Hall–Kier alpha value is -2.31. The van der Waals surface area contributed by atoms with Crippen molar-refractivity contribution >= 4 is 55.1 Å². The van der Waals surface area contributed by atoms with Crippen molar-refractivity contribution in [1.29, 1.82) is 0 Å². The van der Waals surface area contributed by atoms with E-state index in [4.69, 9.17) is 16.1 Å². The quantitative estimate of drug-likeness (QED) is 0.416. The van der Waals surface area contributed by atoms with E-state index in [0.717, 1.165) is 6.07 Å². The Morgan fingerprint density at radius 1 is 1.09 bits per heavy atom. The van der Waals surface area contributed by atoms with Crippen LogP contribution in [0.25, 0.3) is 11.4 Å². The molecule has 3 aromatic rings. The van der Waals surface area contributed by atoms with Crippen molar-refractivity contribution in [2.45, 2.75) is 6.18 Å². The standard InChI is InChI=1S/C20H14Br2ClF3N4O3/c21-13-7-10(8-14(22)16(13)31)17-27-18(33-28-17)19(32)30-5-3-29(4-6-30)11-1-2-15(23)12(9-11)20(24,25)26/h1-2,7-9,31H,3-6H2. The Labute approximate surface area is 207 Å². The van der Waals surface area contributed by atoms with Gasteiger partial charge in [0.15, 0.2) is 0 Å². The topological polar surface area (TPSA) is 82.7 Å². The van der Waals surface area contributed by atoms with Gasteiger partial charge in [0.05, 0.1) is 19.5 Å². The second-order valence-corrected chi connectivity index (χ2v) is 9.27. The first-order chi connectivity index (χ1) is 15.5. The van der Waals surface area contributed by atoms with Crippen LogP contribution in [0.5, 0.6) is 5.75 Å². The summed E-state index contributed by atoms with van der Waals surface area (Å²) in [5, 5.41) is 13.3. The summed E-state index contributed by atoms with van der Waals surface area (Å²) in [6.07, 6.45) is -4.55. The monoisotopic (exact) mass is 608 g/mol. The zero-order chi connectivity index (χ0) is 23.9. The van der Waals surface area contributed by atoms with Crippen molar-refractivity contribution in [2.24, 2.45) is 0 Å². The third-order valence-corrected chi connectivity index (χ3v) is 6.61. The minimum atomic E-state index is -4.55. The number of aromatic hydroxyl groups is 1. The van der Waals surface area contributed by atoms with Crippen LogP contribution < -0.4 is 4.90 Å². The van der Waals surface area contributed by atoms with Crippen LogP contribution in [0.3, 0.4) is 0 Å². The highest BCUT2D eigenvalue weighted by atomic mass is 79.9. The molecule has 1 saturated heterocycles. The van der Waals surface area contributed by atoms with E-state index in [1.165, 1.54) is 17.0 Å². The lowest BCUT2D eigenvalue weighted by Crippen LogP contribution is -2.49. The van der Waals surface area contributed by atoms with Gasteiger partial charge in [0.2, 0.25) is 5.82 Å². The fraction of sp³-hybridized carbons (Fsp3) is 0.250. The number of halogens is 6. The molecule has 1 fully saturated rings. The van der Waals surface area contributed by atoms with Crippen molar-refractivity contribution in [1.82, 2.24) is 15.0 Å². The molecular formula is C20H14Br2ClF3N4O3. The minimum Gasteiger partial charge on any atom is -0.506 e. The lowest BCUT2D eigenvalue weighted by molar-refractivity contribution is -0.137. The third-order valence-electron chi connectivity index (χ3n) is 5.07. The first-order valence-corrected chi connectivity index (χ1v) is 11.4. The molecule has 1 aliphatic heterocycles. The highest BCUT2D eigenvalue weighted by Gasteiger charge is 2.34. The maximum atomic E-state index is 13.1. The maximum Gasteiger partial charge on any atom is 0.417 e. The fourth-order valence-corrected chi connectivity index (χ4v) is 4.76. The van der Waals surface area contributed by atoms with E-state index in [9.17, 15) is 23.1 Å². The molecule has 0 atom stereocenters. The molecule has 0 aliphatic carbocycles. The highest BCUT2D eigenvalue weighted by molar-refractivity contribution is 9.11. The van der Waals surface area contributed by atoms with Gasteiger partial charge >= 0.3 is 18.0 Å². The van der Waals surface area contributed by atoms with Crippen molar-refractivity contribution in [2.75, 3.05) is 31.1 Å². The smallest absolute Gasteiger partial charge is 0.417 e. The number of phenols is 1. The lowest BCUT2D eigenvalue weighted by atomic mass is 10.1. The van der Waals surface area contributed by atoms with Gasteiger partial charge in [-0.05, 0) is 62.2 Å². The molecular weight excluding hydrogens is 597 g/mol. The second-order valence-electron chi connectivity index (χ2n) is 7.15. The number of carbonyl (C=O) groups excluding carboxylic acids is 1. The second kappa shape index (κ2) is 9.15. The van der Waals surface area contributed by atoms with Crippen molar-refractivity contribution in [3.05, 3.63) is 55.8 Å². The van der Waals surface area contributed by atoms with Crippen LogP contribution in [0, 0.1) is 0 Å². The van der Waals surface area contributed by atoms with E-state index >= 15 is 0 Å². The Bertz CT molecular complexity index is 1190. The third kappa shape index (κ3) is 4.97. The summed E-state index contributed by atoms with van der Waals surface area (Å²) >= 11 is 12.1. The zero-order valence-electron chi connectivity index (χ0n) is 16.5. The number of benzene rings is 2. The number of piperazine rings is 1. The van der Waals surface area contributed by atoms with Crippen LogP contribution in [0.1, 0.15) is 16.2 Å². The first kappa shape index (κ1) is 23.8. The van der Waals surface area contributed by atoms with Crippen molar-refractivity contribution < 1.29 is 27.6 Å². The summed E-state index contributed by atoms with van der Waals surface area (Å²) in [6, 6.07) is 6.92. The summed E-state index contributed by atoms with van der Waals surface area (Å²) in [7, 11) is 0. The number of rotatable bonds is 3. The molecule has 0 radical (unpaired) electrons. The van der Waals surface area contributed by atoms with E-state index in [0.29, 0.717) is 33.3 Å². The molecule has 4 rings (SSSR count). The SMILES string of the molecule is O=C(c1nc(-c2cc(Br)c(O)c(Br)c2)no1)N1CCN(c2ccc(Cl)c(C(F)(F)F)c2)CC1. The molecule has 0 saturated carbocycles. The van der Waals surface area contributed by atoms with Gasteiger partial charge in [-0.3, -0.25) is 4.79 Å². The summed E-state index contributed by atoms with van der Waals surface area (Å²) in [6.45, 7) is 1.17. The minimum absolute atomic E-state index is 0.0134. The summed E-state index contributed by atoms with van der Waals surface area (Å²) in [5.41, 5.74) is -0.00386. The first-order valence-electron chi connectivity index (χ1n) is 9.47. The molecule has 0 unspecified atom stereocenters. The summed E-state index contributed by atoms with van der Waals surface area (Å²) in [5.74, 6) is -0.499. The van der Waals surface area contributed by atoms with Gasteiger partial charge < -0.3 is 19.4 Å². The van der Waals surface area contributed by atoms with Gasteiger partial charge in [-0.25, -0.2) is 0 Å². The molecule has 0 spiro atoms. The molecule has 2 aromatic carbocycles. The number of carbonyl (C=O) groups is 1. The van der Waals surface area contributed by atoms with Gasteiger partial charge in [-0.15, -0.1) is 0 Å². The predicted molar refractivity (Wildman–Crippen MR) is 121 cm³/mol. The number of nitrogens with zero attached hydrogens (tertiary/aromatic N) is 4. The lowest BCUT2D eigenvalue weighted by Gasteiger charge is -2.35. The normalized spacial score (nSPS) is 14.6. The largest absolute Gasteiger partial charge is 0.506 e.